The smallest absolute Gasteiger partial charge is 0.263 e. The maximum atomic E-state index is 13.6. The fourth-order valence-electron chi connectivity index (χ4n) is 1.82. The lowest BCUT2D eigenvalue weighted by Crippen LogP contribution is -2.26. The first-order valence-electron chi connectivity index (χ1n) is 6.07. The molecule has 4 nitrogen and oxygen atoms in total. The van der Waals surface area contributed by atoms with E-state index in [0.717, 1.165) is 0 Å². The Morgan fingerprint density at radius 2 is 2.25 bits per heavy atom. The highest BCUT2D eigenvalue weighted by Crippen LogP contribution is 2.22. The van der Waals surface area contributed by atoms with Gasteiger partial charge in [0.25, 0.3) is 5.91 Å². The van der Waals surface area contributed by atoms with Gasteiger partial charge in [-0.2, -0.15) is 0 Å². The molecule has 0 spiro atoms. The lowest BCUT2D eigenvalue weighted by atomic mass is 10.1. The highest BCUT2D eigenvalue weighted by atomic mass is 32.1. The van der Waals surface area contributed by atoms with Crippen LogP contribution in [0.25, 0.3) is 0 Å². The van der Waals surface area contributed by atoms with Gasteiger partial charge in [-0.05, 0) is 31.5 Å². The Morgan fingerprint density at radius 3 is 2.80 bits per heavy atom. The van der Waals surface area contributed by atoms with Crippen LogP contribution in [0.2, 0.25) is 0 Å². The van der Waals surface area contributed by atoms with Crippen LogP contribution in [0.5, 0.6) is 5.75 Å². The van der Waals surface area contributed by atoms with Crippen LogP contribution in [-0.2, 0) is 0 Å². The highest BCUT2D eigenvalue weighted by molar-refractivity contribution is 7.11. The molecule has 0 fully saturated rings. The van der Waals surface area contributed by atoms with E-state index in [2.05, 4.69) is 10.3 Å². The van der Waals surface area contributed by atoms with E-state index >= 15 is 0 Å². The normalized spacial score (nSPS) is 12.0. The number of benzene rings is 1. The molecule has 0 saturated heterocycles. The quantitative estimate of drug-likeness (QED) is 0.942. The second-order valence-corrected chi connectivity index (χ2v) is 5.21. The summed E-state index contributed by atoms with van der Waals surface area (Å²) in [6.07, 6.45) is 0. The molecular formula is C14H15FN2O2S. The number of rotatable bonds is 4. The monoisotopic (exact) mass is 294 g/mol. The van der Waals surface area contributed by atoms with Crippen molar-refractivity contribution in [2.45, 2.75) is 19.9 Å². The van der Waals surface area contributed by atoms with E-state index in [1.165, 1.54) is 24.5 Å². The van der Waals surface area contributed by atoms with Gasteiger partial charge in [-0.15, -0.1) is 11.3 Å². The predicted octanol–water partition coefficient (Wildman–Crippen LogP) is 3.09. The van der Waals surface area contributed by atoms with Gasteiger partial charge in [-0.25, -0.2) is 9.37 Å². The number of ether oxygens (including phenoxy) is 1. The molecule has 1 aromatic carbocycles. The lowest BCUT2D eigenvalue weighted by Gasteiger charge is -2.14. The number of aryl methyl sites for hydroxylation is 1. The molecule has 6 heteroatoms. The van der Waals surface area contributed by atoms with Gasteiger partial charge in [0, 0.05) is 0 Å². The SMILES string of the molecule is COc1ccc(C(C)NC(=O)c2scnc2C)cc1F. The minimum Gasteiger partial charge on any atom is -0.494 e. The first-order chi connectivity index (χ1) is 9.52. The third kappa shape index (κ3) is 2.96. The summed E-state index contributed by atoms with van der Waals surface area (Å²) in [4.78, 5) is 16.7. The summed E-state index contributed by atoms with van der Waals surface area (Å²) in [5, 5.41) is 2.83. The molecule has 0 aliphatic heterocycles. The summed E-state index contributed by atoms with van der Waals surface area (Å²) in [5.41, 5.74) is 3.00. The number of nitrogens with zero attached hydrogens (tertiary/aromatic N) is 1. The van der Waals surface area contributed by atoms with Crippen molar-refractivity contribution in [2.24, 2.45) is 0 Å². The van der Waals surface area contributed by atoms with E-state index in [9.17, 15) is 9.18 Å². The van der Waals surface area contributed by atoms with Crippen molar-refractivity contribution in [3.05, 3.63) is 45.7 Å². The van der Waals surface area contributed by atoms with E-state index in [0.29, 0.717) is 16.1 Å². The third-order valence-electron chi connectivity index (χ3n) is 2.98. The van der Waals surface area contributed by atoms with Crippen LogP contribution in [0.3, 0.4) is 0 Å². The third-order valence-corrected chi connectivity index (χ3v) is 3.90. The van der Waals surface area contributed by atoms with Gasteiger partial charge in [0.15, 0.2) is 11.6 Å². The van der Waals surface area contributed by atoms with Crippen LogP contribution in [-0.4, -0.2) is 18.0 Å². The van der Waals surface area contributed by atoms with Crippen LogP contribution < -0.4 is 10.1 Å². The van der Waals surface area contributed by atoms with Gasteiger partial charge in [0.05, 0.1) is 24.4 Å². The topological polar surface area (TPSA) is 51.2 Å². The molecule has 0 aliphatic carbocycles. The number of amides is 1. The Kier molecular flexibility index (Phi) is 4.34. The zero-order valence-corrected chi connectivity index (χ0v) is 12.3. The van der Waals surface area contributed by atoms with Crippen molar-refractivity contribution in [3.8, 4) is 5.75 Å². The maximum absolute atomic E-state index is 13.6. The van der Waals surface area contributed by atoms with Crippen LogP contribution >= 0.6 is 11.3 Å². The number of aromatic nitrogens is 1. The minimum atomic E-state index is -0.444. The number of carbonyl (C=O) groups is 1. The van der Waals surface area contributed by atoms with Gasteiger partial charge in [0.1, 0.15) is 4.88 Å². The molecule has 20 heavy (non-hydrogen) atoms. The molecule has 1 aromatic heterocycles. The minimum absolute atomic E-state index is 0.186. The Labute approximate surface area is 120 Å². The van der Waals surface area contributed by atoms with E-state index in [4.69, 9.17) is 4.74 Å². The molecule has 0 saturated carbocycles. The number of hydrogen-bond donors (Lipinski definition) is 1. The standard InChI is InChI=1S/C14H15FN2O2S/c1-8(10-4-5-12(19-3)11(15)6-10)17-14(18)13-9(2)16-7-20-13/h4-8H,1-3H3,(H,17,18). The van der Waals surface area contributed by atoms with Crippen LogP contribution in [0.15, 0.2) is 23.7 Å². The van der Waals surface area contributed by atoms with Crippen LogP contribution in [0, 0.1) is 12.7 Å². The summed E-state index contributed by atoms with van der Waals surface area (Å²) < 4.78 is 18.5. The van der Waals surface area contributed by atoms with Crippen molar-refractivity contribution in [1.82, 2.24) is 10.3 Å². The summed E-state index contributed by atoms with van der Waals surface area (Å²) in [5.74, 6) is -0.459. The molecule has 1 N–H and O–H groups in total. The Balaban J connectivity index is 2.12. The number of halogens is 1. The number of carbonyl (C=O) groups excluding carboxylic acids is 1. The van der Waals surface area contributed by atoms with Crippen LogP contribution in [0.4, 0.5) is 4.39 Å². The molecule has 1 amide bonds. The van der Waals surface area contributed by atoms with Gasteiger partial charge < -0.3 is 10.1 Å². The summed E-state index contributed by atoms with van der Waals surface area (Å²) in [7, 11) is 1.41. The molecular weight excluding hydrogens is 279 g/mol. The molecule has 106 valence electrons. The largest absolute Gasteiger partial charge is 0.494 e. The molecule has 0 radical (unpaired) electrons. The molecule has 1 heterocycles. The zero-order valence-electron chi connectivity index (χ0n) is 11.4. The number of hydrogen-bond acceptors (Lipinski definition) is 4. The van der Waals surface area contributed by atoms with E-state index in [1.807, 2.05) is 0 Å². The van der Waals surface area contributed by atoms with Gasteiger partial charge >= 0.3 is 0 Å². The predicted molar refractivity (Wildman–Crippen MR) is 75.7 cm³/mol. The molecule has 0 aliphatic rings. The maximum Gasteiger partial charge on any atom is 0.263 e. The lowest BCUT2D eigenvalue weighted by molar-refractivity contribution is 0.0943. The van der Waals surface area contributed by atoms with Crippen LogP contribution in [0.1, 0.15) is 33.9 Å². The summed E-state index contributed by atoms with van der Waals surface area (Å²) in [6, 6.07) is 4.34. The molecule has 2 rings (SSSR count). The second-order valence-electron chi connectivity index (χ2n) is 4.36. The summed E-state index contributed by atoms with van der Waals surface area (Å²) in [6.45, 7) is 3.58. The molecule has 0 bridgehead atoms. The molecule has 1 atom stereocenters. The van der Waals surface area contributed by atoms with Gasteiger partial charge in [-0.3, -0.25) is 4.79 Å². The Hall–Kier alpha value is -1.95. The van der Waals surface area contributed by atoms with E-state index < -0.39 is 5.82 Å². The van der Waals surface area contributed by atoms with E-state index in [-0.39, 0.29) is 17.7 Å². The molecule has 2 aromatic rings. The average molecular weight is 294 g/mol. The second kappa shape index (κ2) is 6.00. The number of methoxy groups -OCH3 is 1. The average Bonchev–Trinajstić information content (AvgIpc) is 2.84. The van der Waals surface area contributed by atoms with Crippen molar-refractivity contribution in [2.75, 3.05) is 7.11 Å². The van der Waals surface area contributed by atoms with Crippen molar-refractivity contribution in [1.29, 1.82) is 0 Å². The van der Waals surface area contributed by atoms with E-state index in [1.54, 1.807) is 31.5 Å². The van der Waals surface area contributed by atoms with Gasteiger partial charge in [-0.1, -0.05) is 6.07 Å². The first-order valence-corrected chi connectivity index (χ1v) is 6.95. The zero-order chi connectivity index (χ0) is 14.7. The highest BCUT2D eigenvalue weighted by Gasteiger charge is 2.16. The number of thiazole rings is 1. The number of nitrogens with one attached hydrogen (secondary N) is 1. The summed E-state index contributed by atoms with van der Waals surface area (Å²) >= 11 is 1.29. The Morgan fingerprint density at radius 1 is 1.50 bits per heavy atom. The fourth-order valence-corrected chi connectivity index (χ4v) is 2.52. The van der Waals surface area contributed by atoms with Crippen molar-refractivity contribution < 1.29 is 13.9 Å². The molecule has 1 unspecified atom stereocenters. The Bertz CT molecular complexity index is 627. The fraction of sp³-hybridized carbons (Fsp3) is 0.286. The van der Waals surface area contributed by atoms with Crippen molar-refractivity contribution in [3.63, 3.8) is 0 Å². The first kappa shape index (κ1) is 14.5. The van der Waals surface area contributed by atoms with Gasteiger partial charge in [0.2, 0.25) is 0 Å². The van der Waals surface area contributed by atoms with Crippen molar-refractivity contribution >= 4 is 17.2 Å².